The lowest BCUT2D eigenvalue weighted by molar-refractivity contribution is -0.144. The van der Waals surface area contributed by atoms with Crippen molar-refractivity contribution in [2.75, 3.05) is 20.3 Å². The number of hydrogen-bond acceptors (Lipinski definition) is 4. The first-order valence-corrected chi connectivity index (χ1v) is 10.4. The normalized spacial score (nSPS) is 12.1. The topological polar surface area (TPSA) is 58.6 Å². The molecule has 0 aliphatic heterocycles. The molecule has 0 fully saturated rings. The molecule has 1 rings (SSSR count). The Bertz CT molecular complexity index is 465. The van der Waals surface area contributed by atoms with E-state index in [9.17, 15) is 4.79 Å². The summed E-state index contributed by atoms with van der Waals surface area (Å²) in [6.45, 7) is 0.533. The van der Waals surface area contributed by atoms with E-state index in [0.29, 0.717) is 0 Å². The molecule has 0 bridgehead atoms. The predicted molar refractivity (Wildman–Crippen MR) is 111 cm³/mol. The molecule has 1 aromatic rings. The van der Waals surface area contributed by atoms with Crippen molar-refractivity contribution in [3.63, 3.8) is 0 Å². The lowest BCUT2D eigenvalue weighted by Crippen LogP contribution is -2.41. The number of aryl methyl sites for hydroxylation is 1. The van der Waals surface area contributed by atoms with Gasteiger partial charge in [0.15, 0.2) is 0 Å². The summed E-state index contributed by atoms with van der Waals surface area (Å²) < 4.78 is 5.92. The van der Waals surface area contributed by atoms with Crippen molar-refractivity contribution < 1.29 is 14.6 Å². The second-order valence-corrected chi connectivity index (χ2v) is 7.66. The van der Waals surface area contributed by atoms with Gasteiger partial charge in [-0.3, -0.25) is 4.79 Å². The van der Waals surface area contributed by atoms with E-state index in [0.717, 1.165) is 19.4 Å². The number of nitrogens with one attached hydrogen (secondary N) is 1. The van der Waals surface area contributed by atoms with Crippen LogP contribution in [-0.4, -0.2) is 37.4 Å². The van der Waals surface area contributed by atoms with Gasteiger partial charge in [0.1, 0.15) is 6.04 Å². The Labute approximate surface area is 165 Å². The van der Waals surface area contributed by atoms with Gasteiger partial charge in [-0.2, -0.15) is 0 Å². The highest BCUT2D eigenvalue weighted by molar-refractivity contribution is 14.1. The second kappa shape index (κ2) is 14.5. The van der Waals surface area contributed by atoms with E-state index in [1.165, 1.54) is 61.2 Å². The number of aliphatic hydroxyl groups excluding tert-OH is 1. The molecule has 0 radical (unpaired) electrons. The summed E-state index contributed by atoms with van der Waals surface area (Å²) in [6.07, 6.45) is 11.1. The first kappa shape index (κ1) is 22.4. The third-order valence-electron chi connectivity index (χ3n) is 4.36. The van der Waals surface area contributed by atoms with Crippen LogP contribution in [0.4, 0.5) is 0 Å². The lowest BCUT2D eigenvalue weighted by atomic mass is 10.0. The van der Waals surface area contributed by atoms with Crippen LogP contribution in [-0.2, 0) is 16.0 Å². The molecule has 0 aromatic heterocycles. The van der Waals surface area contributed by atoms with Gasteiger partial charge in [-0.15, -0.1) is 0 Å². The highest BCUT2D eigenvalue weighted by Crippen LogP contribution is 2.12. The zero-order valence-corrected chi connectivity index (χ0v) is 17.5. The second-order valence-electron chi connectivity index (χ2n) is 6.42. The minimum atomic E-state index is -0.585. The Morgan fingerprint density at radius 3 is 2.16 bits per heavy atom. The molecule has 1 unspecified atom stereocenters. The van der Waals surface area contributed by atoms with Crippen molar-refractivity contribution in [2.45, 2.75) is 63.8 Å². The van der Waals surface area contributed by atoms with Crippen molar-refractivity contribution in [1.29, 1.82) is 0 Å². The molecule has 0 spiro atoms. The summed E-state index contributed by atoms with van der Waals surface area (Å²) in [7, 11) is 1.34. The Kier molecular flexibility index (Phi) is 13.0. The summed E-state index contributed by atoms with van der Waals surface area (Å²) >= 11 is 2.34. The van der Waals surface area contributed by atoms with Gasteiger partial charge in [0.2, 0.25) is 0 Å². The Morgan fingerprint density at radius 1 is 1.04 bits per heavy atom. The van der Waals surface area contributed by atoms with Crippen LogP contribution in [0.15, 0.2) is 24.3 Å². The van der Waals surface area contributed by atoms with Crippen molar-refractivity contribution >= 4 is 28.6 Å². The molecule has 0 saturated carbocycles. The number of rotatable bonds is 14. The number of carbonyl (C=O) groups excluding carboxylic acids is 1. The van der Waals surface area contributed by atoms with E-state index in [4.69, 9.17) is 5.11 Å². The van der Waals surface area contributed by atoms with Crippen molar-refractivity contribution in [3.8, 4) is 0 Å². The van der Waals surface area contributed by atoms with E-state index in [1.807, 2.05) is 0 Å². The van der Waals surface area contributed by atoms with Gasteiger partial charge in [-0.1, -0.05) is 50.7 Å². The third-order valence-corrected chi connectivity index (χ3v) is 5.08. The molecule has 142 valence electrons. The summed E-state index contributed by atoms with van der Waals surface area (Å²) in [5.74, 6) is -0.396. The van der Waals surface area contributed by atoms with Crippen LogP contribution >= 0.6 is 22.6 Å². The van der Waals surface area contributed by atoms with Crippen LogP contribution in [0.2, 0.25) is 0 Å². The molecule has 0 amide bonds. The monoisotopic (exact) mass is 461 g/mol. The smallest absolute Gasteiger partial charge is 0.325 e. The van der Waals surface area contributed by atoms with Crippen LogP contribution in [0.3, 0.4) is 0 Å². The van der Waals surface area contributed by atoms with Crippen LogP contribution < -0.4 is 5.32 Å². The SMILES string of the molecule is COC(=O)C(CO)NCCCCCCCCCCc1ccc(I)cc1. The van der Waals surface area contributed by atoms with Crippen molar-refractivity contribution in [1.82, 2.24) is 5.32 Å². The van der Waals surface area contributed by atoms with Gasteiger partial charge in [0, 0.05) is 3.57 Å². The molecule has 25 heavy (non-hydrogen) atoms. The maximum atomic E-state index is 11.3. The lowest BCUT2D eigenvalue weighted by Gasteiger charge is -2.13. The van der Waals surface area contributed by atoms with Crippen molar-refractivity contribution in [2.24, 2.45) is 0 Å². The van der Waals surface area contributed by atoms with E-state index in [1.54, 1.807) is 0 Å². The van der Waals surface area contributed by atoms with Gasteiger partial charge in [-0.05, 0) is 66.1 Å². The zero-order chi connectivity index (χ0) is 18.3. The van der Waals surface area contributed by atoms with Crippen LogP contribution in [0.5, 0.6) is 0 Å². The highest BCUT2D eigenvalue weighted by Gasteiger charge is 2.16. The average molecular weight is 461 g/mol. The number of carbonyl (C=O) groups is 1. The zero-order valence-electron chi connectivity index (χ0n) is 15.3. The van der Waals surface area contributed by atoms with E-state index < -0.39 is 12.0 Å². The fraction of sp³-hybridized carbons (Fsp3) is 0.650. The fourth-order valence-corrected chi connectivity index (χ4v) is 3.17. The number of benzene rings is 1. The summed E-state index contributed by atoms with van der Waals surface area (Å²) in [5, 5.41) is 12.1. The number of hydrogen-bond donors (Lipinski definition) is 2. The van der Waals surface area contributed by atoms with E-state index >= 15 is 0 Å². The minimum absolute atomic E-state index is 0.213. The van der Waals surface area contributed by atoms with Gasteiger partial charge < -0.3 is 15.2 Å². The summed E-state index contributed by atoms with van der Waals surface area (Å²) in [6, 6.07) is 8.24. The number of unbranched alkanes of at least 4 members (excludes halogenated alkanes) is 7. The van der Waals surface area contributed by atoms with Crippen LogP contribution in [0.1, 0.15) is 56.9 Å². The molecule has 0 saturated heterocycles. The maximum Gasteiger partial charge on any atom is 0.325 e. The van der Waals surface area contributed by atoms with Gasteiger partial charge >= 0.3 is 5.97 Å². The van der Waals surface area contributed by atoms with E-state index in [2.05, 4.69) is 56.9 Å². The number of methoxy groups -OCH3 is 1. The fourth-order valence-electron chi connectivity index (χ4n) is 2.81. The third kappa shape index (κ3) is 10.8. The Hall–Kier alpha value is -0.660. The molecule has 0 aliphatic carbocycles. The predicted octanol–water partition coefficient (Wildman–Crippen LogP) is 4.08. The standard InChI is InChI=1S/C20H32INO3/c1-25-20(24)19(16-23)22-15-9-7-5-3-2-4-6-8-10-17-11-13-18(21)14-12-17/h11-14,19,22-23H,2-10,15-16H2,1H3. The molecule has 0 heterocycles. The summed E-state index contributed by atoms with van der Waals surface area (Å²) in [4.78, 5) is 11.3. The molecular weight excluding hydrogens is 429 g/mol. The van der Waals surface area contributed by atoms with Crippen LogP contribution in [0.25, 0.3) is 0 Å². The van der Waals surface area contributed by atoms with Gasteiger partial charge in [0.05, 0.1) is 13.7 Å². The molecular formula is C20H32INO3. The highest BCUT2D eigenvalue weighted by atomic mass is 127. The average Bonchev–Trinajstić information content (AvgIpc) is 2.63. The molecule has 1 atom stereocenters. The van der Waals surface area contributed by atoms with Crippen molar-refractivity contribution in [3.05, 3.63) is 33.4 Å². The molecule has 5 heteroatoms. The first-order valence-electron chi connectivity index (χ1n) is 9.34. The maximum absolute atomic E-state index is 11.3. The number of halogens is 1. The number of aliphatic hydroxyl groups is 1. The Balaban J connectivity index is 1.88. The van der Waals surface area contributed by atoms with Crippen LogP contribution in [0, 0.1) is 3.57 Å². The largest absolute Gasteiger partial charge is 0.468 e. The number of ether oxygens (including phenoxy) is 1. The summed E-state index contributed by atoms with van der Waals surface area (Å²) in [5.41, 5.74) is 1.45. The quantitative estimate of drug-likeness (QED) is 0.249. The van der Waals surface area contributed by atoms with E-state index in [-0.39, 0.29) is 6.61 Å². The van der Waals surface area contributed by atoms with Gasteiger partial charge in [-0.25, -0.2) is 0 Å². The molecule has 1 aromatic carbocycles. The molecule has 0 aliphatic rings. The minimum Gasteiger partial charge on any atom is -0.468 e. The first-order chi connectivity index (χ1) is 12.2. The number of esters is 1. The Morgan fingerprint density at radius 2 is 1.60 bits per heavy atom. The van der Waals surface area contributed by atoms with Gasteiger partial charge in [0.25, 0.3) is 0 Å². The molecule has 4 nitrogen and oxygen atoms in total. The molecule has 2 N–H and O–H groups in total.